The Hall–Kier alpha value is -1.51. The molecule has 0 aliphatic carbocycles. The predicted octanol–water partition coefficient (Wildman–Crippen LogP) is 2.50. The molecule has 0 unspecified atom stereocenters. The molecular formula is C13H18O3. The quantitative estimate of drug-likeness (QED) is 0.734. The fraction of sp³-hybridized carbons (Fsp3) is 0.462. The molecule has 16 heavy (non-hydrogen) atoms. The summed E-state index contributed by atoms with van der Waals surface area (Å²) in [7, 11) is 1.63. The third-order valence-electron chi connectivity index (χ3n) is 2.25. The van der Waals surface area contributed by atoms with Crippen LogP contribution in [0.2, 0.25) is 0 Å². The van der Waals surface area contributed by atoms with Crippen molar-refractivity contribution in [1.29, 1.82) is 0 Å². The number of carbonyl (C=O) groups is 1. The van der Waals surface area contributed by atoms with E-state index in [1.807, 2.05) is 39.0 Å². The van der Waals surface area contributed by atoms with Gasteiger partial charge >= 0.3 is 5.97 Å². The van der Waals surface area contributed by atoms with E-state index in [1.165, 1.54) is 0 Å². The van der Waals surface area contributed by atoms with Gasteiger partial charge in [0.1, 0.15) is 5.75 Å². The topological polar surface area (TPSA) is 35.5 Å². The van der Waals surface area contributed by atoms with E-state index in [1.54, 1.807) is 7.11 Å². The van der Waals surface area contributed by atoms with Crippen molar-refractivity contribution in [2.24, 2.45) is 0 Å². The molecule has 0 N–H and O–H groups in total. The van der Waals surface area contributed by atoms with Crippen LogP contribution >= 0.6 is 0 Å². The van der Waals surface area contributed by atoms with E-state index < -0.39 is 0 Å². The van der Waals surface area contributed by atoms with Gasteiger partial charge in [0.2, 0.25) is 0 Å². The first-order valence-corrected chi connectivity index (χ1v) is 5.36. The van der Waals surface area contributed by atoms with Crippen LogP contribution in [0.25, 0.3) is 0 Å². The summed E-state index contributed by atoms with van der Waals surface area (Å²) in [5.74, 6) is 0.613. The molecule has 1 rings (SSSR count). The van der Waals surface area contributed by atoms with Crippen LogP contribution in [0, 0.1) is 6.92 Å². The normalized spacial score (nSPS) is 10.3. The average molecular weight is 222 g/mol. The highest BCUT2D eigenvalue weighted by molar-refractivity contribution is 5.73. The molecule has 0 heterocycles. The summed E-state index contributed by atoms with van der Waals surface area (Å²) >= 11 is 0. The predicted molar refractivity (Wildman–Crippen MR) is 62.7 cm³/mol. The maximum absolute atomic E-state index is 11.5. The van der Waals surface area contributed by atoms with Crippen molar-refractivity contribution in [3.63, 3.8) is 0 Å². The van der Waals surface area contributed by atoms with Gasteiger partial charge in [0.25, 0.3) is 0 Å². The highest BCUT2D eigenvalue weighted by Gasteiger charge is 2.09. The van der Waals surface area contributed by atoms with Gasteiger partial charge in [0.05, 0.1) is 19.6 Å². The van der Waals surface area contributed by atoms with E-state index in [-0.39, 0.29) is 12.1 Å². The molecule has 3 heteroatoms. The van der Waals surface area contributed by atoms with Crippen molar-refractivity contribution >= 4 is 5.97 Å². The zero-order valence-electron chi connectivity index (χ0n) is 10.2. The van der Waals surface area contributed by atoms with E-state index in [0.29, 0.717) is 6.42 Å². The van der Waals surface area contributed by atoms with Gasteiger partial charge in [-0.3, -0.25) is 4.79 Å². The monoisotopic (exact) mass is 222 g/mol. The van der Waals surface area contributed by atoms with Crippen molar-refractivity contribution in [3.05, 3.63) is 29.3 Å². The summed E-state index contributed by atoms with van der Waals surface area (Å²) in [5, 5.41) is 0. The minimum absolute atomic E-state index is 0.0638. The minimum Gasteiger partial charge on any atom is -0.497 e. The summed E-state index contributed by atoms with van der Waals surface area (Å²) < 4.78 is 10.2. The maximum Gasteiger partial charge on any atom is 0.310 e. The first-order chi connectivity index (χ1) is 7.52. The number of hydrogen-bond donors (Lipinski definition) is 0. The number of hydrogen-bond acceptors (Lipinski definition) is 3. The Bertz CT molecular complexity index is 369. The molecule has 0 aromatic heterocycles. The first kappa shape index (κ1) is 12.6. The van der Waals surface area contributed by atoms with Gasteiger partial charge in [0, 0.05) is 0 Å². The van der Waals surface area contributed by atoms with Crippen LogP contribution < -0.4 is 4.74 Å². The molecule has 0 bridgehead atoms. The second-order valence-electron chi connectivity index (χ2n) is 4.01. The zero-order valence-corrected chi connectivity index (χ0v) is 10.2. The van der Waals surface area contributed by atoms with Crippen molar-refractivity contribution in [3.8, 4) is 5.75 Å². The molecule has 1 aromatic carbocycles. The largest absolute Gasteiger partial charge is 0.497 e. The molecule has 0 amide bonds. The Morgan fingerprint density at radius 3 is 2.56 bits per heavy atom. The molecule has 0 aliphatic rings. The van der Waals surface area contributed by atoms with Gasteiger partial charge in [-0.25, -0.2) is 0 Å². The number of carbonyl (C=O) groups excluding carboxylic acids is 1. The van der Waals surface area contributed by atoms with Crippen LogP contribution in [-0.4, -0.2) is 19.2 Å². The molecule has 1 aromatic rings. The second-order valence-corrected chi connectivity index (χ2v) is 4.01. The zero-order chi connectivity index (χ0) is 12.1. The van der Waals surface area contributed by atoms with Crippen LogP contribution in [-0.2, 0) is 16.0 Å². The first-order valence-electron chi connectivity index (χ1n) is 5.36. The number of aryl methyl sites for hydroxylation is 1. The van der Waals surface area contributed by atoms with E-state index in [4.69, 9.17) is 9.47 Å². The summed E-state index contributed by atoms with van der Waals surface area (Å²) in [6.07, 6.45) is 0.250. The molecule has 0 saturated carbocycles. The van der Waals surface area contributed by atoms with Gasteiger partial charge in [0.15, 0.2) is 0 Å². The standard InChI is InChI=1S/C13H18O3/c1-9(2)16-13(14)8-11-5-6-12(15-4)7-10(11)3/h5-7,9H,8H2,1-4H3. The van der Waals surface area contributed by atoms with E-state index >= 15 is 0 Å². The lowest BCUT2D eigenvalue weighted by atomic mass is 10.1. The average Bonchev–Trinajstić information content (AvgIpc) is 2.19. The molecule has 3 nitrogen and oxygen atoms in total. The summed E-state index contributed by atoms with van der Waals surface area (Å²) in [5.41, 5.74) is 2.02. The number of methoxy groups -OCH3 is 1. The highest BCUT2D eigenvalue weighted by Crippen LogP contribution is 2.17. The van der Waals surface area contributed by atoms with Crippen molar-refractivity contribution in [1.82, 2.24) is 0 Å². The Morgan fingerprint density at radius 2 is 2.06 bits per heavy atom. The SMILES string of the molecule is COc1ccc(CC(=O)OC(C)C)c(C)c1. The van der Waals surface area contributed by atoms with Gasteiger partial charge < -0.3 is 9.47 Å². The number of esters is 1. The summed E-state index contributed by atoms with van der Waals surface area (Å²) in [6, 6.07) is 5.67. The van der Waals surface area contributed by atoms with Gasteiger partial charge in [-0.1, -0.05) is 6.07 Å². The van der Waals surface area contributed by atoms with Gasteiger partial charge in [-0.2, -0.15) is 0 Å². The van der Waals surface area contributed by atoms with Gasteiger partial charge in [-0.05, 0) is 44.0 Å². The molecule has 0 atom stereocenters. The van der Waals surface area contributed by atoms with Crippen LogP contribution in [0.3, 0.4) is 0 Å². The van der Waals surface area contributed by atoms with Crippen molar-refractivity contribution in [2.45, 2.75) is 33.3 Å². The fourth-order valence-corrected chi connectivity index (χ4v) is 1.45. The highest BCUT2D eigenvalue weighted by atomic mass is 16.5. The third-order valence-corrected chi connectivity index (χ3v) is 2.25. The number of ether oxygens (including phenoxy) is 2. The van der Waals surface area contributed by atoms with Crippen LogP contribution in [0.4, 0.5) is 0 Å². The molecule has 0 radical (unpaired) electrons. The van der Waals surface area contributed by atoms with E-state index in [2.05, 4.69) is 0 Å². The van der Waals surface area contributed by atoms with Crippen LogP contribution in [0.5, 0.6) is 5.75 Å². The molecule has 0 fully saturated rings. The minimum atomic E-state index is -0.191. The molecule has 0 saturated heterocycles. The molecule has 0 spiro atoms. The lowest BCUT2D eigenvalue weighted by Gasteiger charge is -2.10. The Labute approximate surface area is 96.4 Å². The maximum atomic E-state index is 11.5. The van der Waals surface area contributed by atoms with Crippen LogP contribution in [0.15, 0.2) is 18.2 Å². The third kappa shape index (κ3) is 3.57. The Kier molecular flexibility index (Phi) is 4.35. The lowest BCUT2D eigenvalue weighted by Crippen LogP contribution is -2.14. The van der Waals surface area contributed by atoms with E-state index in [9.17, 15) is 4.79 Å². The lowest BCUT2D eigenvalue weighted by molar-refractivity contribution is -0.146. The Balaban J connectivity index is 2.70. The molecular weight excluding hydrogens is 204 g/mol. The molecule has 88 valence electrons. The summed E-state index contributed by atoms with van der Waals surface area (Å²) in [6.45, 7) is 5.65. The number of rotatable bonds is 4. The second kappa shape index (κ2) is 5.54. The number of benzene rings is 1. The van der Waals surface area contributed by atoms with Gasteiger partial charge in [-0.15, -0.1) is 0 Å². The smallest absolute Gasteiger partial charge is 0.310 e. The van der Waals surface area contributed by atoms with Crippen molar-refractivity contribution in [2.75, 3.05) is 7.11 Å². The van der Waals surface area contributed by atoms with E-state index in [0.717, 1.165) is 16.9 Å². The van der Waals surface area contributed by atoms with Crippen LogP contribution in [0.1, 0.15) is 25.0 Å². The molecule has 0 aliphatic heterocycles. The fourth-order valence-electron chi connectivity index (χ4n) is 1.45. The Morgan fingerprint density at radius 1 is 1.38 bits per heavy atom. The van der Waals surface area contributed by atoms with Crippen molar-refractivity contribution < 1.29 is 14.3 Å². The summed E-state index contributed by atoms with van der Waals surface area (Å²) in [4.78, 5) is 11.5.